The highest BCUT2D eigenvalue weighted by molar-refractivity contribution is 6.08. The van der Waals surface area contributed by atoms with Gasteiger partial charge in [0.25, 0.3) is 0 Å². The summed E-state index contributed by atoms with van der Waals surface area (Å²) in [5.41, 5.74) is 5.29. The Bertz CT molecular complexity index is 1320. The smallest absolute Gasteiger partial charge is 0.323 e. The number of fused-ring (bicyclic) bond motifs is 2. The van der Waals surface area contributed by atoms with Crippen LogP contribution in [0.3, 0.4) is 0 Å². The summed E-state index contributed by atoms with van der Waals surface area (Å²) >= 11 is 0. The van der Waals surface area contributed by atoms with E-state index in [1.807, 2.05) is 91.0 Å². The van der Waals surface area contributed by atoms with E-state index in [1.54, 1.807) is 0 Å². The van der Waals surface area contributed by atoms with Gasteiger partial charge in [0, 0.05) is 27.8 Å². The van der Waals surface area contributed by atoms with Crippen LogP contribution in [0.15, 0.2) is 103 Å². The second-order valence-electron chi connectivity index (χ2n) is 7.17. The maximum absolute atomic E-state index is 12.2. The van der Waals surface area contributed by atoms with Crippen LogP contribution in [0.4, 0.5) is 27.5 Å². The highest BCUT2D eigenvalue weighted by Crippen LogP contribution is 2.33. The molecular weight excluding hydrogens is 420 g/mol. The lowest BCUT2D eigenvalue weighted by Crippen LogP contribution is -2.19. The largest absolute Gasteiger partial charge is 0.354 e. The second-order valence-corrected chi connectivity index (χ2v) is 7.17. The minimum atomic E-state index is -0.280. The van der Waals surface area contributed by atoms with Gasteiger partial charge >= 0.3 is 6.03 Å². The lowest BCUT2D eigenvalue weighted by atomic mass is 10.1. The molecule has 0 aliphatic heterocycles. The van der Waals surface area contributed by atoms with Crippen LogP contribution in [-0.2, 0) is 0 Å². The van der Waals surface area contributed by atoms with E-state index in [-0.39, 0.29) is 18.4 Å². The third-order valence-corrected chi connectivity index (χ3v) is 5.03. The first-order chi connectivity index (χ1) is 15.3. The molecule has 0 aliphatic carbocycles. The van der Waals surface area contributed by atoms with Crippen LogP contribution in [0, 0.1) is 0 Å². The molecular formula is C26H21ClN4O. The molecule has 5 nitrogen and oxygen atoms in total. The van der Waals surface area contributed by atoms with Crippen molar-refractivity contribution in [1.29, 1.82) is 0 Å². The molecule has 1 aromatic heterocycles. The number of amides is 2. The van der Waals surface area contributed by atoms with Crippen molar-refractivity contribution < 1.29 is 4.79 Å². The van der Waals surface area contributed by atoms with E-state index in [2.05, 4.69) is 28.1 Å². The molecule has 6 heteroatoms. The van der Waals surface area contributed by atoms with E-state index in [9.17, 15) is 4.79 Å². The monoisotopic (exact) mass is 440 g/mol. The average Bonchev–Trinajstić information content (AvgIpc) is 2.81. The Kier molecular flexibility index (Phi) is 6.19. The molecule has 4 aromatic carbocycles. The minimum absolute atomic E-state index is 0. The molecule has 32 heavy (non-hydrogen) atoms. The van der Waals surface area contributed by atoms with Gasteiger partial charge in [0.05, 0.1) is 16.7 Å². The lowest BCUT2D eigenvalue weighted by molar-refractivity contribution is 0.262. The summed E-state index contributed by atoms with van der Waals surface area (Å²) in [6.45, 7) is 0. The van der Waals surface area contributed by atoms with Crippen molar-refractivity contribution in [2.45, 2.75) is 0 Å². The van der Waals surface area contributed by atoms with Crippen LogP contribution in [0.25, 0.3) is 21.8 Å². The van der Waals surface area contributed by atoms with Crippen LogP contribution < -0.4 is 16.0 Å². The molecule has 0 saturated carbocycles. The zero-order valence-corrected chi connectivity index (χ0v) is 17.9. The van der Waals surface area contributed by atoms with Crippen molar-refractivity contribution in [2.24, 2.45) is 0 Å². The van der Waals surface area contributed by atoms with Crippen molar-refractivity contribution in [1.82, 2.24) is 4.98 Å². The molecule has 158 valence electrons. The third-order valence-electron chi connectivity index (χ3n) is 5.03. The molecule has 0 bridgehead atoms. The number of aromatic nitrogens is 1. The number of hydrogen-bond acceptors (Lipinski definition) is 3. The predicted octanol–water partition coefficient (Wildman–Crippen LogP) is 7.20. The van der Waals surface area contributed by atoms with Crippen molar-refractivity contribution in [3.63, 3.8) is 0 Å². The predicted molar refractivity (Wildman–Crippen MR) is 135 cm³/mol. The van der Waals surface area contributed by atoms with Crippen LogP contribution in [0.5, 0.6) is 0 Å². The highest BCUT2D eigenvalue weighted by atomic mass is 35.5. The molecule has 0 spiro atoms. The van der Waals surface area contributed by atoms with Crippen molar-refractivity contribution in [3.8, 4) is 0 Å². The van der Waals surface area contributed by atoms with Crippen molar-refractivity contribution in [2.75, 3.05) is 16.0 Å². The topological polar surface area (TPSA) is 66.1 Å². The summed E-state index contributed by atoms with van der Waals surface area (Å²) < 4.78 is 0. The average molecular weight is 441 g/mol. The number of nitrogens with zero attached hydrogens (tertiary/aromatic N) is 1. The first kappa shape index (κ1) is 21.2. The standard InChI is InChI=1S/C26H20N4O.ClH/c31-26(28-18-8-2-1-3-9-18)29-20-16-14-19(15-17-20)27-25-21-10-4-6-12-23(21)30-24-13-7-5-11-22(24)25;/h1-17H,(H,27,30)(H2,28,29,31);1H. The van der Waals surface area contributed by atoms with E-state index >= 15 is 0 Å². The van der Waals surface area contributed by atoms with Crippen molar-refractivity contribution in [3.05, 3.63) is 103 Å². The maximum Gasteiger partial charge on any atom is 0.323 e. The highest BCUT2D eigenvalue weighted by Gasteiger charge is 2.09. The van der Waals surface area contributed by atoms with Gasteiger partial charge in [-0.15, -0.1) is 12.4 Å². The lowest BCUT2D eigenvalue weighted by Gasteiger charge is -2.14. The number of para-hydroxylation sites is 3. The van der Waals surface area contributed by atoms with Gasteiger partial charge < -0.3 is 16.0 Å². The summed E-state index contributed by atoms with van der Waals surface area (Å²) in [5, 5.41) is 11.3. The Balaban J connectivity index is 0.00000245. The summed E-state index contributed by atoms with van der Waals surface area (Å²) in [5.74, 6) is 0. The molecule has 0 radical (unpaired) electrons. The Hall–Kier alpha value is -4.09. The number of nitrogens with one attached hydrogen (secondary N) is 3. The van der Waals surface area contributed by atoms with Gasteiger partial charge in [-0.2, -0.15) is 0 Å². The fourth-order valence-corrected chi connectivity index (χ4v) is 3.57. The first-order valence-electron chi connectivity index (χ1n) is 10.0. The Morgan fingerprint density at radius 2 is 1.03 bits per heavy atom. The van der Waals surface area contributed by atoms with Crippen LogP contribution in [0.1, 0.15) is 0 Å². The molecule has 1 heterocycles. The third kappa shape index (κ3) is 4.48. The zero-order chi connectivity index (χ0) is 21.0. The van der Waals surface area contributed by atoms with Gasteiger partial charge in [-0.1, -0.05) is 54.6 Å². The van der Waals surface area contributed by atoms with E-state index < -0.39 is 0 Å². The fourth-order valence-electron chi connectivity index (χ4n) is 3.57. The normalized spacial score (nSPS) is 10.4. The molecule has 3 N–H and O–H groups in total. The number of rotatable bonds is 4. The van der Waals surface area contributed by atoms with Gasteiger partial charge in [0.1, 0.15) is 0 Å². The Labute approximate surface area is 191 Å². The molecule has 5 aromatic rings. The van der Waals surface area contributed by atoms with Crippen LogP contribution in [0.2, 0.25) is 0 Å². The zero-order valence-electron chi connectivity index (χ0n) is 17.1. The fraction of sp³-hybridized carbons (Fsp3) is 0. The van der Waals surface area contributed by atoms with Gasteiger partial charge in [0.2, 0.25) is 0 Å². The van der Waals surface area contributed by atoms with Crippen LogP contribution in [-0.4, -0.2) is 11.0 Å². The summed E-state index contributed by atoms with van der Waals surface area (Å²) in [6, 6.07) is 32.9. The summed E-state index contributed by atoms with van der Waals surface area (Å²) in [7, 11) is 0. The number of pyridine rings is 1. The molecule has 5 rings (SSSR count). The molecule has 0 unspecified atom stereocenters. The Morgan fingerprint density at radius 1 is 0.562 bits per heavy atom. The number of urea groups is 1. The minimum Gasteiger partial charge on any atom is -0.354 e. The molecule has 0 saturated heterocycles. The molecule has 0 aliphatic rings. The van der Waals surface area contributed by atoms with Gasteiger partial charge in [-0.3, -0.25) is 0 Å². The number of anilines is 4. The van der Waals surface area contributed by atoms with Crippen LogP contribution >= 0.6 is 12.4 Å². The van der Waals surface area contributed by atoms with Gasteiger partial charge in [-0.25, -0.2) is 9.78 Å². The Morgan fingerprint density at radius 3 is 1.62 bits per heavy atom. The van der Waals surface area contributed by atoms with E-state index in [0.29, 0.717) is 5.69 Å². The summed E-state index contributed by atoms with van der Waals surface area (Å²) in [6.07, 6.45) is 0. The van der Waals surface area contributed by atoms with E-state index in [4.69, 9.17) is 4.98 Å². The number of carbonyl (C=O) groups excluding carboxylic acids is 1. The van der Waals surface area contributed by atoms with Gasteiger partial charge in [-0.05, 0) is 48.5 Å². The van der Waals surface area contributed by atoms with Gasteiger partial charge in [0.15, 0.2) is 0 Å². The number of benzene rings is 4. The first-order valence-corrected chi connectivity index (χ1v) is 10.0. The molecule has 0 fully saturated rings. The number of halogens is 1. The summed E-state index contributed by atoms with van der Waals surface area (Å²) in [4.78, 5) is 17.0. The molecule has 0 atom stereocenters. The quantitative estimate of drug-likeness (QED) is 0.259. The molecule has 2 amide bonds. The maximum atomic E-state index is 12.2. The SMILES string of the molecule is Cl.O=C(Nc1ccccc1)Nc1ccc(Nc2c3ccccc3nc3ccccc23)cc1. The second kappa shape index (κ2) is 9.37. The van der Waals surface area contributed by atoms with E-state index in [1.165, 1.54) is 0 Å². The van der Waals surface area contributed by atoms with E-state index in [0.717, 1.165) is 38.9 Å². The van der Waals surface area contributed by atoms with Crippen molar-refractivity contribution >= 4 is 63.0 Å². The number of hydrogen-bond donors (Lipinski definition) is 3. The number of carbonyl (C=O) groups is 1.